The molecule has 0 amide bonds. The van der Waals surface area contributed by atoms with Crippen LogP contribution in [0.3, 0.4) is 0 Å². The van der Waals surface area contributed by atoms with E-state index in [0.717, 1.165) is 11.1 Å². The van der Waals surface area contributed by atoms with Gasteiger partial charge in [0.05, 0.1) is 17.4 Å². The van der Waals surface area contributed by atoms with Gasteiger partial charge in [-0.3, -0.25) is 9.59 Å². The molecule has 0 aliphatic rings. The zero-order valence-corrected chi connectivity index (χ0v) is 14.8. The first-order chi connectivity index (χ1) is 12.5. The summed E-state index contributed by atoms with van der Waals surface area (Å²) in [7, 11) is 0. The van der Waals surface area contributed by atoms with Crippen molar-refractivity contribution in [1.82, 2.24) is 0 Å². The zero-order valence-electron chi connectivity index (χ0n) is 14.8. The van der Waals surface area contributed by atoms with Crippen LogP contribution in [0.15, 0.2) is 58.1 Å². The minimum Gasteiger partial charge on any atom is -0.392 e. The van der Waals surface area contributed by atoms with Gasteiger partial charge in [0, 0.05) is 6.54 Å². The summed E-state index contributed by atoms with van der Waals surface area (Å²) in [5, 5.41) is 12.2. The molecule has 0 aromatic heterocycles. The van der Waals surface area contributed by atoms with Crippen LogP contribution in [0.2, 0.25) is 0 Å². The van der Waals surface area contributed by atoms with Gasteiger partial charge in [-0.15, -0.1) is 0 Å². The molecule has 3 rings (SSSR count). The SMILES string of the molecule is Cc1ccc(/C=C/c2ccc(-c3c(NCC(C)O)c(=O)c3=O)cc2)cc1. The maximum absolute atomic E-state index is 11.9. The highest BCUT2D eigenvalue weighted by atomic mass is 16.3. The number of aryl methyl sites for hydroxylation is 1. The molecule has 0 aliphatic carbocycles. The number of anilines is 1. The van der Waals surface area contributed by atoms with Crippen LogP contribution in [-0.4, -0.2) is 17.8 Å². The lowest BCUT2D eigenvalue weighted by Gasteiger charge is -2.14. The molecule has 0 saturated heterocycles. The van der Waals surface area contributed by atoms with E-state index in [2.05, 4.69) is 36.5 Å². The fraction of sp³-hybridized carbons (Fsp3) is 0.182. The molecule has 1 unspecified atom stereocenters. The number of nitrogens with one attached hydrogen (secondary N) is 1. The lowest BCUT2D eigenvalue weighted by atomic mass is 9.97. The fourth-order valence-electron chi connectivity index (χ4n) is 2.72. The average Bonchev–Trinajstić information content (AvgIpc) is 2.64. The second-order valence-electron chi connectivity index (χ2n) is 6.50. The summed E-state index contributed by atoms with van der Waals surface area (Å²) in [6.07, 6.45) is 3.44. The Bertz CT molecular complexity index is 990. The van der Waals surface area contributed by atoms with E-state index in [0.29, 0.717) is 16.8 Å². The van der Waals surface area contributed by atoms with Gasteiger partial charge in [-0.05, 0) is 30.5 Å². The van der Waals surface area contributed by atoms with Gasteiger partial charge in [-0.1, -0.05) is 66.2 Å². The molecule has 3 aromatic carbocycles. The molecule has 0 bridgehead atoms. The van der Waals surface area contributed by atoms with Gasteiger partial charge in [0.2, 0.25) is 10.9 Å². The van der Waals surface area contributed by atoms with Gasteiger partial charge in [0.25, 0.3) is 0 Å². The standard InChI is InChI=1S/C22H21NO3/c1-14-3-5-16(6-4-14)7-8-17-9-11-18(12-10-17)19-20(22(26)21(19)25)23-13-15(2)24/h3-12,15,23-24H,13H2,1-2H3/b8-7+. The van der Waals surface area contributed by atoms with Crippen LogP contribution in [-0.2, 0) is 0 Å². The number of rotatable bonds is 6. The molecule has 0 fully saturated rings. The van der Waals surface area contributed by atoms with E-state index >= 15 is 0 Å². The minimum absolute atomic E-state index is 0.231. The zero-order chi connectivity index (χ0) is 18.7. The van der Waals surface area contributed by atoms with Crippen molar-refractivity contribution < 1.29 is 5.11 Å². The van der Waals surface area contributed by atoms with Crippen LogP contribution in [0.4, 0.5) is 5.69 Å². The van der Waals surface area contributed by atoms with E-state index in [4.69, 9.17) is 0 Å². The predicted octanol–water partition coefficient (Wildman–Crippen LogP) is 3.22. The molecule has 4 heteroatoms. The first kappa shape index (κ1) is 17.8. The summed E-state index contributed by atoms with van der Waals surface area (Å²) >= 11 is 0. The molecule has 0 spiro atoms. The summed E-state index contributed by atoms with van der Waals surface area (Å²) < 4.78 is 0. The smallest absolute Gasteiger partial charge is 0.250 e. The summed E-state index contributed by atoms with van der Waals surface area (Å²) in [5.41, 5.74) is 3.72. The van der Waals surface area contributed by atoms with Crippen LogP contribution in [0.25, 0.3) is 23.3 Å². The maximum atomic E-state index is 11.9. The number of benzene rings is 2. The van der Waals surface area contributed by atoms with Crippen LogP contribution < -0.4 is 16.2 Å². The molecule has 0 aliphatic heterocycles. The van der Waals surface area contributed by atoms with E-state index in [9.17, 15) is 14.7 Å². The van der Waals surface area contributed by atoms with E-state index in [-0.39, 0.29) is 6.54 Å². The Morgan fingerprint density at radius 1 is 0.923 bits per heavy atom. The van der Waals surface area contributed by atoms with Crippen molar-refractivity contribution in [3.63, 3.8) is 0 Å². The quantitative estimate of drug-likeness (QED) is 0.531. The molecule has 4 nitrogen and oxygen atoms in total. The Hall–Kier alpha value is -2.98. The van der Waals surface area contributed by atoms with Crippen molar-refractivity contribution in [3.8, 4) is 11.1 Å². The van der Waals surface area contributed by atoms with Crippen molar-refractivity contribution >= 4 is 17.8 Å². The Labute approximate surface area is 152 Å². The van der Waals surface area contributed by atoms with E-state index in [1.165, 1.54) is 5.56 Å². The topological polar surface area (TPSA) is 66.4 Å². The lowest BCUT2D eigenvalue weighted by molar-refractivity contribution is 0.208. The van der Waals surface area contributed by atoms with E-state index < -0.39 is 17.0 Å². The minimum atomic E-state index is -0.596. The van der Waals surface area contributed by atoms with Crippen molar-refractivity contribution in [2.45, 2.75) is 20.0 Å². The van der Waals surface area contributed by atoms with Gasteiger partial charge in [-0.2, -0.15) is 0 Å². The maximum Gasteiger partial charge on any atom is 0.250 e. The molecule has 3 aromatic rings. The summed E-state index contributed by atoms with van der Waals surface area (Å²) in [4.78, 5) is 23.7. The Morgan fingerprint density at radius 3 is 2.00 bits per heavy atom. The lowest BCUT2D eigenvalue weighted by Crippen LogP contribution is -2.37. The largest absolute Gasteiger partial charge is 0.392 e. The van der Waals surface area contributed by atoms with Gasteiger partial charge >= 0.3 is 0 Å². The number of hydrogen-bond acceptors (Lipinski definition) is 4. The highest BCUT2D eigenvalue weighted by Gasteiger charge is 2.22. The van der Waals surface area contributed by atoms with Gasteiger partial charge in [0.15, 0.2) is 0 Å². The van der Waals surface area contributed by atoms with Crippen LogP contribution in [0, 0.1) is 6.92 Å². The molecule has 0 radical (unpaired) electrons. The molecular weight excluding hydrogens is 326 g/mol. The Balaban J connectivity index is 1.78. The second-order valence-corrected chi connectivity index (χ2v) is 6.50. The second kappa shape index (κ2) is 7.50. The first-order valence-electron chi connectivity index (χ1n) is 8.56. The van der Waals surface area contributed by atoms with Gasteiger partial charge < -0.3 is 10.4 Å². The molecule has 26 heavy (non-hydrogen) atoms. The molecule has 0 heterocycles. The van der Waals surface area contributed by atoms with Crippen molar-refractivity contribution in [2.75, 3.05) is 11.9 Å². The highest BCUT2D eigenvalue weighted by molar-refractivity contribution is 5.82. The summed E-state index contributed by atoms with van der Waals surface area (Å²) in [6, 6.07) is 15.7. The molecule has 132 valence electrons. The number of hydrogen-bond donors (Lipinski definition) is 2. The van der Waals surface area contributed by atoms with Gasteiger partial charge in [0.1, 0.15) is 0 Å². The summed E-state index contributed by atoms with van der Waals surface area (Å²) in [5.74, 6) is 0. The van der Waals surface area contributed by atoms with Crippen molar-refractivity contribution in [2.24, 2.45) is 0 Å². The molecular formula is C22H21NO3. The number of aliphatic hydroxyl groups excluding tert-OH is 1. The monoisotopic (exact) mass is 347 g/mol. The third kappa shape index (κ3) is 3.81. The average molecular weight is 347 g/mol. The van der Waals surface area contributed by atoms with Crippen molar-refractivity contribution in [3.05, 3.63) is 85.7 Å². The predicted molar refractivity (Wildman–Crippen MR) is 107 cm³/mol. The number of aliphatic hydroxyl groups is 1. The normalized spacial score (nSPS) is 12.6. The van der Waals surface area contributed by atoms with E-state index in [1.807, 2.05) is 36.4 Å². The van der Waals surface area contributed by atoms with Crippen LogP contribution in [0.1, 0.15) is 23.6 Å². The summed E-state index contributed by atoms with van der Waals surface area (Å²) in [6.45, 7) is 3.90. The van der Waals surface area contributed by atoms with Crippen molar-refractivity contribution in [1.29, 1.82) is 0 Å². The highest BCUT2D eigenvalue weighted by Crippen LogP contribution is 2.24. The van der Waals surface area contributed by atoms with Crippen LogP contribution in [0.5, 0.6) is 0 Å². The molecule has 1 atom stereocenters. The van der Waals surface area contributed by atoms with Gasteiger partial charge in [-0.25, -0.2) is 0 Å². The first-order valence-corrected chi connectivity index (χ1v) is 8.56. The Kier molecular flexibility index (Phi) is 5.14. The molecule has 2 N–H and O–H groups in total. The third-order valence-corrected chi connectivity index (χ3v) is 4.23. The fourth-order valence-corrected chi connectivity index (χ4v) is 2.72. The Morgan fingerprint density at radius 2 is 1.46 bits per heavy atom. The third-order valence-electron chi connectivity index (χ3n) is 4.23. The van der Waals surface area contributed by atoms with Crippen LogP contribution >= 0.6 is 0 Å². The van der Waals surface area contributed by atoms with E-state index in [1.54, 1.807) is 6.92 Å². The molecule has 0 saturated carbocycles.